The third kappa shape index (κ3) is 6.28. The molecule has 0 N–H and O–H groups in total. The Morgan fingerprint density at radius 3 is 0.915 bits per heavy atom. The second-order valence-corrected chi connectivity index (χ2v) is 18.7. The van der Waals surface area contributed by atoms with Crippen molar-refractivity contribution in [1.29, 1.82) is 0 Å². The molecule has 1 spiro atoms. The summed E-state index contributed by atoms with van der Waals surface area (Å²) >= 11 is 0. The highest BCUT2D eigenvalue weighted by atomic mass is 15.1. The van der Waals surface area contributed by atoms with Crippen LogP contribution in [0.25, 0.3) is 66.1 Å². The van der Waals surface area contributed by atoms with E-state index in [1.165, 1.54) is 88.3 Å². The topological polar surface area (TPSA) is 6.48 Å². The molecule has 0 heterocycles. The van der Waals surface area contributed by atoms with Gasteiger partial charge >= 0.3 is 0 Å². The highest BCUT2D eigenvalue weighted by Crippen LogP contribution is 2.64. The minimum atomic E-state index is -0.566. The third-order valence-corrected chi connectivity index (χ3v) is 15.0. The van der Waals surface area contributed by atoms with Crippen LogP contribution in [0.2, 0.25) is 0 Å². The van der Waals surface area contributed by atoms with E-state index >= 15 is 0 Å². The van der Waals surface area contributed by atoms with Crippen LogP contribution in [0.15, 0.2) is 279 Å². The Labute approximate surface area is 414 Å². The molecule has 0 aliphatic heterocycles. The molecule has 0 saturated carbocycles. The number of para-hydroxylation sites is 3. The van der Waals surface area contributed by atoms with Crippen LogP contribution in [0, 0.1) is 0 Å². The molecule has 12 aromatic rings. The molecule has 0 aromatic heterocycles. The summed E-state index contributed by atoms with van der Waals surface area (Å²) in [5, 5.41) is 5.00. The van der Waals surface area contributed by atoms with Crippen molar-refractivity contribution in [2.24, 2.45) is 0 Å². The predicted molar refractivity (Wildman–Crippen MR) is 298 cm³/mol. The lowest BCUT2D eigenvalue weighted by Gasteiger charge is -2.33. The Bertz CT molecular complexity index is 3830. The summed E-state index contributed by atoms with van der Waals surface area (Å²) in [7, 11) is 0. The summed E-state index contributed by atoms with van der Waals surface area (Å²) in [6.07, 6.45) is 0. The van der Waals surface area contributed by atoms with E-state index in [0.29, 0.717) is 0 Å². The Hall–Kier alpha value is -9.24. The SMILES string of the molecule is c1ccc(-c2c3ccccc3c(-c3ccc(N(c4ccccc4)c4ccc5c(c4)C4(c6ccccc6-c6ccccc64)c4cc(N(c6ccccc6)c6ccccc6)ccc4-5)cc3)c3ccccc23)cc1. The average molecular weight is 903 g/mol. The van der Waals surface area contributed by atoms with E-state index in [1.54, 1.807) is 0 Å². The zero-order valence-corrected chi connectivity index (χ0v) is 39.0. The average Bonchev–Trinajstić information content (AvgIpc) is 3.91. The molecule has 332 valence electrons. The second kappa shape index (κ2) is 16.5. The first-order valence-electron chi connectivity index (χ1n) is 24.6. The van der Waals surface area contributed by atoms with E-state index in [9.17, 15) is 0 Å². The van der Waals surface area contributed by atoms with Gasteiger partial charge in [0.15, 0.2) is 0 Å². The molecule has 2 nitrogen and oxygen atoms in total. The number of benzene rings is 12. The molecular weight excluding hydrogens is 857 g/mol. The monoisotopic (exact) mass is 902 g/mol. The summed E-state index contributed by atoms with van der Waals surface area (Å²) in [4.78, 5) is 4.82. The van der Waals surface area contributed by atoms with Crippen LogP contribution in [0.1, 0.15) is 22.3 Å². The van der Waals surface area contributed by atoms with E-state index < -0.39 is 5.41 Å². The largest absolute Gasteiger partial charge is 0.310 e. The molecule has 2 aliphatic carbocycles. The van der Waals surface area contributed by atoms with Crippen molar-refractivity contribution < 1.29 is 0 Å². The van der Waals surface area contributed by atoms with Gasteiger partial charge in [-0.15, -0.1) is 0 Å². The maximum Gasteiger partial charge on any atom is 0.0727 e. The van der Waals surface area contributed by atoms with Crippen LogP contribution in [-0.2, 0) is 5.41 Å². The first-order valence-corrected chi connectivity index (χ1v) is 24.6. The summed E-state index contributed by atoms with van der Waals surface area (Å²) in [5.41, 5.74) is 21.3. The van der Waals surface area contributed by atoms with Crippen LogP contribution in [-0.4, -0.2) is 0 Å². The van der Waals surface area contributed by atoms with Gasteiger partial charge in [0.1, 0.15) is 0 Å². The molecule has 0 bridgehead atoms. The zero-order valence-electron chi connectivity index (χ0n) is 39.0. The summed E-state index contributed by atoms with van der Waals surface area (Å²) in [6, 6.07) is 103. The van der Waals surface area contributed by atoms with Gasteiger partial charge in [0.25, 0.3) is 0 Å². The quantitative estimate of drug-likeness (QED) is 0.140. The smallest absolute Gasteiger partial charge is 0.0727 e. The van der Waals surface area contributed by atoms with Gasteiger partial charge in [0, 0.05) is 34.1 Å². The number of fused-ring (bicyclic) bond motifs is 12. The fourth-order valence-corrected chi connectivity index (χ4v) is 12.2. The minimum absolute atomic E-state index is 0.566. The maximum absolute atomic E-state index is 2.49. The van der Waals surface area contributed by atoms with E-state index in [1.807, 2.05) is 0 Å². The first kappa shape index (κ1) is 40.8. The Kier molecular flexibility index (Phi) is 9.47. The molecule has 0 amide bonds. The van der Waals surface area contributed by atoms with Gasteiger partial charge in [-0.05, 0) is 161 Å². The molecule has 2 heteroatoms. The van der Waals surface area contributed by atoms with Crippen LogP contribution in [0.4, 0.5) is 34.1 Å². The van der Waals surface area contributed by atoms with Gasteiger partial charge in [-0.25, -0.2) is 0 Å². The van der Waals surface area contributed by atoms with Gasteiger partial charge in [0.05, 0.1) is 5.41 Å². The lowest BCUT2D eigenvalue weighted by Crippen LogP contribution is -2.26. The molecular formula is C69H46N2. The standard InChI is InChI=1S/C69H46N2/c1-5-21-47(22-6-1)67-59-31-13-15-33-61(59)68(62-34-16-14-32-60(62)67)48-37-39-52(40-38-48)71(51-27-11-4-12-28-51)54-42-44-58-57-43-41-53(70(49-23-7-2-8-24-49)50-25-9-3-10-26-50)45-65(57)69(66(58)46-54)63-35-19-17-29-55(63)56-30-18-20-36-64(56)69/h1-46H. The minimum Gasteiger partial charge on any atom is -0.310 e. The van der Waals surface area contributed by atoms with Crippen LogP contribution in [0.5, 0.6) is 0 Å². The fraction of sp³-hybridized carbons (Fsp3) is 0.0145. The molecule has 0 unspecified atom stereocenters. The molecule has 0 fully saturated rings. The van der Waals surface area contributed by atoms with E-state index in [-0.39, 0.29) is 0 Å². The number of hydrogen-bond acceptors (Lipinski definition) is 2. The van der Waals surface area contributed by atoms with E-state index in [0.717, 1.165) is 34.1 Å². The second-order valence-electron chi connectivity index (χ2n) is 18.7. The van der Waals surface area contributed by atoms with Crippen LogP contribution < -0.4 is 9.80 Å². The van der Waals surface area contributed by atoms with Crippen molar-refractivity contribution in [2.45, 2.75) is 5.41 Å². The Morgan fingerprint density at radius 1 is 0.211 bits per heavy atom. The van der Waals surface area contributed by atoms with Crippen molar-refractivity contribution in [3.05, 3.63) is 301 Å². The van der Waals surface area contributed by atoms with Crippen molar-refractivity contribution in [2.75, 3.05) is 9.80 Å². The molecule has 2 aliphatic rings. The third-order valence-electron chi connectivity index (χ3n) is 15.0. The van der Waals surface area contributed by atoms with Gasteiger partial charge in [-0.2, -0.15) is 0 Å². The molecule has 0 saturated heterocycles. The van der Waals surface area contributed by atoms with Crippen molar-refractivity contribution in [3.8, 4) is 44.5 Å². The molecule has 14 rings (SSSR count). The Balaban J connectivity index is 0.958. The van der Waals surface area contributed by atoms with Crippen LogP contribution >= 0.6 is 0 Å². The Morgan fingerprint density at radius 2 is 0.507 bits per heavy atom. The summed E-state index contributed by atoms with van der Waals surface area (Å²) in [5.74, 6) is 0. The molecule has 71 heavy (non-hydrogen) atoms. The first-order chi connectivity index (χ1) is 35.3. The molecule has 0 atom stereocenters. The fourth-order valence-electron chi connectivity index (χ4n) is 12.2. The highest BCUT2D eigenvalue weighted by molar-refractivity contribution is 6.21. The zero-order chi connectivity index (χ0) is 46.9. The summed E-state index contributed by atoms with van der Waals surface area (Å²) < 4.78 is 0. The molecule has 0 radical (unpaired) electrons. The maximum atomic E-state index is 2.49. The van der Waals surface area contributed by atoms with Crippen molar-refractivity contribution in [1.82, 2.24) is 0 Å². The lowest BCUT2D eigenvalue weighted by molar-refractivity contribution is 0.793. The van der Waals surface area contributed by atoms with Crippen LogP contribution in [0.3, 0.4) is 0 Å². The number of hydrogen-bond donors (Lipinski definition) is 0. The van der Waals surface area contributed by atoms with E-state index in [4.69, 9.17) is 0 Å². The molecule has 12 aromatic carbocycles. The summed E-state index contributed by atoms with van der Waals surface area (Å²) in [6.45, 7) is 0. The predicted octanol–water partition coefficient (Wildman–Crippen LogP) is 18.6. The highest BCUT2D eigenvalue weighted by Gasteiger charge is 2.52. The van der Waals surface area contributed by atoms with Gasteiger partial charge < -0.3 is 9.80 Å². The van der Waals surface area contributed by atoms with E-state index in [2.05, 4.69) is 289 Å². The lowest BCUT2D eigenvalue weighted by atomic mass is 9.70. The normalized spacial score (nSPS) is 12.6. The number of rotatable bonds is 8. The number of anilines is 6. The van der Waals surface area contributed by atoms with Gasteiger partial charge in [-0.1, -0.05) is 206 Å². The van der Waals surface area contributed by atoms with Crippen molar-refractivity contribution in [3.63, 3.8) is 0 Å². The number of nitrogens with zero attached hydrogens (tertiary/aromatic N) is 2. The van der Waals surface area contributed by atoms with Gasteiger partial charge in [-0.3, -0.25) is 0 Å². The van der Waals surface area contributed by atoms with Crippen molar-refractivity contribution >= 4 is 55.7 Å². The van der Waals surface area contributed by atoms with Gasteiger partial charge in [0.2, 0.25) is 0 Å².